The van der Waals surface area contributed by atoms with Crippen LogP contribution in [-0.2, 0) is 17.1 Å². The number of rotatable bonds is 4. The third-order valence-electron chi connectivity index (χ3n) is 3.97. The molecular formula is C12H24CuN4O4. The summed E-state index contributed by atoms with van der Waals surface area (Å²) in [6, 6.07) is -0.0440. The quantitative estimate of drug-likeness (QED) is 0.457. The molecule has 0 unspecified atom stereocenters. The molecule has 2 saturated carbocycles. The Morgan fingerprint density at radius 3 is 1.19 bits per heavy atom. The average molecular weight is 352 g/mol. The van der Waals surface area contributed by atoms with Crippen molar-refractivity contribution in [2.75, 3.05) is 0 Å². The van der Waals surface area contributed by atoms with E-state index < -0.39 is 0 Å². The van der Waals surface area contributed by atoms with Gasteiger partial charge >= 0.3 is 0 Å². The molecule has 0 aromatic rings. The zero-order chi connectivity index (χ0) is 14.8. The van der Waals surface area contributed by atoms with E-state index in [1.807, 2.05) is 0 Å². The minimum Gasteiger partial charge on any atom is -0.269 e. The van der Waals surface area contributed by atoms with Crippen molar-refractivity contribution in [3.63, 3.8) is 0 Å². The van der Waals surface area contributed by atoms with Gasteiger partial charge in [0.25, 0.3) is 0 Å². The first-order valence-electron chi connectivity index (χ1n) is 7.31. The van der Waals surface area contributed by atoms with Crippen molar-refractivity contribution >= 4 is 0 Å². The molecule has 8 nitrogen and oxygen atoms in total. The molecule has 2 aliphatic carbocycles. The van der Waals surface area contributed by atoms with Gasteiger partial charge in [-0.05, 0) is 25.7 Å². The number of hydrogen-bond donors (Lipinski definition) is 2. The van der Waals surface area contributed by atoms with Gasteiger partial charge in [0.1, 0.15) is 0 Å². The Balaban J connectivity index is 0.000000364. The standard InChI is InChI=1S/2C6H12N2O2.Cu/c2*9-7-8(10)6-4-2-1-3-5-6;/h2*6,10H,1-5H2;. The molecule has 2 rings (SSSR count). The fourth-order valence-corrected chi connectivity index (χ4v) is 2.76. The Morgan fingerprint density at radius 2 is 0.952 bits per heavy atom. The smallest absolute Gasteiger partial charge is 0.0790 e. The van der Waals surface area contributed by atoms with Crippen LogP contribution in [0.15, 0.2) is 10.6 Å². The maximum Gasteiger partial charge on any atom is 0.0790 e. The molecule has 127 valence electrons. The van der Waals surface area contributed by atoms with E-state index in [0.29, 0.717) is 10.3 Å². The fraction of sp³-hybridized carbons (Fsp3) is 1.00. The van der Waals surface area contributed by atoms with Crippen molar-refractivity contribution in [3.8, 4) is 0 Å². The minimum atomic E-state index is -0.0220. The SMILES string of the molecule is O=NN(O)C1CCCCC1.O=NN(O)C1CCCCC1.[Cu]. The molecule has 0 bridgehead atoms. The third-order valence-corrected chi connectivity index (χ3v) is 3.97. The predicted molar refractivity (Wildman–Crippen MR) is 72.6 cm³/mol. The second-order valence-electron chi connectivity index (χ2n) is 5.39. The summed E-state index contributed by atoms with van der Waals surface area (Å²) in [5.74, 6) is 0. The molecule has 0 heterocycles. The summed E-state index contributed by atoms with van der Waals surface area (Å²) in [5, 5.41) is 23.7. The van der Waals surface area contributed by atoms with E-state index in [0.717, 1.165) is 51.4 Å². The van der Waals surface area contributed by atoms with Crippen molar-refractivity contribution in [1.82, 2.24) is 10.3 Å². The molecule has 0 amide bonds. The molecule has 2 fully saturated rings. The van der Waals surface area contributed by atoms with Crippen molar-refractivity contribution in [1.29, 1.82) is 0 Å². The molecule has 0 atom stereocenters. The Morgan fingerprint density at radius 1 is 0.667 bits per heavy atom. The largest absolute Gasteiger partial charge is 0.269 e. The molecule has 0 aliphatic heterocycles. The van der Waals surface area contributed by atoms with E-state index in [1.165, 1.54) is 12.8 Å². The van der Waals surface area contributed by atoms with Crippen molar-refractivity contribution in [2.24, 2.45) is 10.6 Å². The molecule has 9 heteroatoms. The van der Waals surface area contributed by atoms with Crippen LogP contribution in [0.3, 0.4) is 0 Å². The van der Waals surface area contributed by atoms with Crippen molar-refractivity contribution in [2.45, 2.75) is 76.3 Å². The number of nitroso groups, excluding NO2 is 2. The Kier molecular flexibility index (Phi) is 11.4. The van der Waals surface area contributed by atoms with Gasteiger partial charge in [-0.2, -0.15) is 0 Å². The number of hydrogen-bond acceptors (Lipinski definition) is 6. The Labute approximate surface area is 135 Å². The molecule has 2 aliphatic rings. The summed E-state index contributed by atoms with van der Waals surface area (Å²) < 4.78 is 0. The van der Waals surface area contributed by atoms with E-state index >= 15 is 0 Å². The molecule has 2 N–H and O–H groups in total. The van der Waals surface area contributed by atoms with E-state index in [-0.39, 0.29) is 29.2 Å². The van der Waals surface area contributed by atoms with Gasteiger partial charge in [-0.3, -0.25) is 10.4 Å². The van der Waals surface area contributed by atoms with Crippen molar-refractivity contribution < 1.29 is 27.5 Å². The van der Waals surface area contributed by atoms with Crippen LogP contribution < -0.4 is 0 Å². The van der Waals surface area contributed by atoms with Gasteiger partial charge in [-0.25, -0.2) is 0 Å². The summed E-state index contributed by atoms with van der Waals surface area (Å²) in [6.45, 7) is 0. The van der Waals surface area contributed by atoms with Crippen LogP contribution in [0.5, 0.6) is 0 Å². The third kappa shape index (κ3) is 7.71. The molecule has 1 radical (unpaired) electrons. The summed E-state index contributed by atoms with van der Waals surface area (Å²) in [4.78, 5) is 19.7. The first-order chi connectivity index (χ1) is 9.69. The summed E-state index contributed by atoms with van der Waals surface area (Å²) in [5.41, 5.74) is 0. The zero-order valence-electron chi connectivity index (χ0n) is 12.0. The summed E-state index contributed by atoms with van der Waals surface area (Å²) in [6.07, 6.45) is 10.4. The second kappa shape index (κ2) is 11.9. The maximum absolute atomic E-state index is 9.83. The predicted octanol–water partition coefficient (Wildman–Crippen LogP) is 3.38. The zero-order valence-corrected chi connectivity index (χ0v) is 13.0. The molecule has 0 aromatic carbocycles. The summed E-state index contributed by atoms with van der Waals surface area (Å²) >= 11 is 0. The van der Waals surface area contributed by atoms with Crippen LogP contribution >= 0.6 is 0 Å². The van der Waals surface area contributed by atoms with Gasteiger partial charge in [0.05, 0.1) is 22.7 Å². The van der Waals surface area contributed by atoms with Crippen LogP contribution in [0.4, 0.5) is 0 Å². The van der Waals surface area contributed by atoms with E-state index in [4.69, 9.17) is 10.4 Å². The van der Waals surface area contributed by atoms with Gasteiger partial charge < -0.3 is 0 Å². The number of hydroxylamine groups is 2. The minimum absolute atomic E-state index is 0. The normalized spacial score (nSPS) is 19.5. The molecule has 0 saturated heterocycles. The molecule has 0 spiro atoms. The summed E-state index contributed by atoms with van der Waals surface area (Å²) in [7, 11) is 0. The van der Waals surface area contributed by atoms with E-state index in [1.54, 1.807) is 0 Å². The first kappa shape index (κ1) is 20.2. The van der Waals surface area contributed by atoms with Gasteiger partial charge in [-0.1, -0.05) is 38.5 Å². The van der Waals surface area contributed by atoms with Gasteiger partial charge in [0.2, 0.25) is 0 Å². The van der Waals surface area contributed by atoms with E-state index in [9.17, 15) is 9.81 Å². The molecular weight excluding hydrogens is 328 g/mol. The Bertz CT molecular complexity index is 258. The fourth-order valence-electron chi connectivity index (χ4n) is 2.76. The van der Waals surface area contributed by atoms with Gasteiger partial charge in [-0.15, -0.1) is 20.2 Å². The van der Waals surface area contributed by atoms with Crippen molar-refractivity contribution in [3.05, 3.63) is 9.81 Å². The van der Waals surface area contributed by atoms with Gasteiger partial charge in [0, 0.05) is 17.1 Å². The first-order valence-corrected chi connectivity index (χ1v) is 7.31. The van der Waals surface area contributed by atoms with Crippen LogP contribution in [0.2, 0.25) is 0 Å². The van der Waals surface area contributed by atoms with E-state index in [2.05, 4.69) is 10.6 Å². The Hall–Kier alpha value is -0.761. The molecule has 21 heavy (non-hydrogen) atoms. The average Bonchev–Trinajstić information content (AvgIpc) is 2.55. The van der Waals surface area contributed by atoms with Crippen LogP contribution in [0.1, 0.15) is 64.2 Å². The topological polar surface area (TPSA) is 106 Å². The second-order valence-corrected chi connectivity index (χ2v) is 5.39. The monoisotopic (exact) mass is 351 g/mol. The number of nitrogens with zero attached hydrogens (tertiary/aromatic N) is 4. The maximum atomic E-state index is 9.83. The van der Waals surface area contributed by atoms with Crippen LogP contribution in [0.25, 0.3) is 0 Å². The van der Waals surface area contributed by atoms with Gasteiger partial charge in [0.15, 0.2) is 0 Å². The molecule has 0 aromatic heterocycles. The van der Waals surface area contributed by atoms with Crippen LogP contribution in [-0.4, -0.2) is 32.8 Å². The van der Waals surface area contributed by atoms with Crippen LogP contribution in [0, 0.1) is 9.81 Å².